The number of aromatic nitrogens is 2. The van der Waals surface area contributed by atoms with Crippen LogP contribution in [-0.4, -0.2) is 40.3 Å². The summed E-state index contributed by atoms with van der Waals surface area (Å²) in [7, 11) is 1.43. The standard InChI is InChI=1S/C21H24FN3O3/c1-28-18-13-19(26)25(16-10-8-15(22)9-11-16)23-20(18)21(27)24-12-4-6-14-5-2-3-7-17(14)24/h8-11,13-14,17H,2-7,12H2,1H3/t14-,17+/m1/s1. The fourth-order valence-electron chi connectivity index (χ4n) is 4.52. The highest BCUT2D eigenvalue weighted by atomic mass is 19.1. The Balaban J connectivity index is 1.73. The Hall–Kier alpha value is -2.70. The van der Waals surface area contributed by atoms with Crippen molar-refractivity contribution < 1.29 is 13.9 Å². The second-order valence-electron chi connectivity index (χ2n) is 7.54. The summed E-state index contributed by atoms with van der Waals surface area (Å²) in [6, 6.07) is 6.93. The highest BCUT2D eigenvalue weighted by Gasteiger charge is 2.37. The third-order valence-corrected chi connectivity index (χ3v) is 5.89. The van der Waals surface area contributed by atoms with E-state index in [4.69, 9.17) is 4.74 Å². The van der Waals surface area contributed by atoms with Gasteiger partial charge >= 0.3 is 0 Å². The number of amides is 1. The van der Waals surface area contributed by atoms with Crippen molar-refractivity contribution in [2.24, 2.45) is 5.92 Å². The molecule has 2 fully saturated rings. The van der Waals surface area contributed by atoms with Crippen molar-refractivity contribution in [2.45, 2.75) is 44.6 Å². The number of rotatable bonds is 3. The number of benzene rings is 1. The van der Waals surface area contributed by atoms with E-state index in [1.165, 1.54) is 43.9 Å². The maximum atomic E-state index is 13.4. The predicted octanol–water partition coefficient (Wildman–Crippen LogP) is 3.18. The van der Waals surface area contributed by atoms with Gasteiger partial charge < -0.3 is 9.64 Å². The SMILES string of the molecule is COc1cc(=O)n(-c2ccc(F)cc2)nc1C(=O)N1CCC[C@H]2CCCC[C@@H]21. The van der Waals surface area contributed by atoms with Gasteiger partial charge in [-0.1, -0.05) is 12.8 Å². The summed E-state index contributed by atoms with van der Waals surface area (Å²) in [5, 5.41) is 4.32. The van der Waals surface area contributed by atoms with Crippen LogP contribution in [0.5, 0.6) is 5.75 Å². The van der Waals surface area contributed by atoms with E-state index < -0.39 is 11.4 Å². The molecule has 0 spiro atoms. The molecule has 7 heteroatoms. The van der Waals surface area contributed by atoms with E-state index in [9.17, 15) is 14.0 Å². The number of likely N-dealkylation sites (tertiary alicyclic amines) is 1. The molecular formula is C21H24FN3O3. The molecule has 1 amide bonds. The molecule has 2 heterocycles. The van der Waals surface area contributed by atoms with Crippen molar-refractivity contribution in [1.82, 2.24) is 14.7 Å². The average molecular weight is 385 g/mol. The average Bonchev–Trinajstić information content (AvgIpc) is 2.73. The molecule has 1 aromatic heterocycles. The number of carbonyl (C=O) groups excluding carboxylic acids is 1. The molecular weight excluding hydrogens is 361 g/mol. The van der Waals surface area contributed by atoms with Gasteiger partial charge in [-0.05, 0) is 55.9 Å². The van der Waals surface area contributed by atoms with Crippen molar-refractivity contribution in [3.8, 4) is 11.4 Å². The van der Waals surface area contributed by atoms with Crippen molar-refractivity contribution in [3.63, 3.8) is 0 Å². The number of carbonyl (C=O) groups is 1. The van der Waals surface area contributed by atoms with Crippen LogP contribution in [0.1, 0.15) is 49.0 Å². The van der Waals surface area contributed by atoms with Gasteiger partial charge in [-0.25, -0.2) is 4.39 Å². The molecule has 1 aliphatic heterocycles. The topological polar surface area (TPSA) is 64.4 Å². The Labute approximate surface area is 162 Å². The van der Waals surface area contributed by atoms with E-state index in [2.05, 4.69) is 5.10 Å². The van der Waals surface area contributed by atoms with Crippen molar-refractivity contribution in [2.75, 3.05) is 13.7 Å². The summed E-state index contributed by atoms with van der Waals surface area (Å²) < 4.78 is 19.7. The molecule has 4 rings (SSSR count). The minimum atomic E-state index is -0.436. The Bertz CT molecular complexity index is 923. The van der Waals surface area contributed by atoms with Gasteiger partial charge in [0, 0.05) is 12.6 Å². The lowest BCUT2D eigenvalue weighted by Gasteiger charge is -2.44. The van der Waals surface area contributed by atoms with E-state index in [0.717, 1.165) is 36.8 Å². The normalized spacial score (nSPS) is 21.9. The molecule has 28 heavy (non-hydrogen) atoms. The second kappa shape index (κ2) is 7.73. The number of hydrogen-bond acceptors (Lipinski definition) is 4. The fraction of sp³-hybridized carbons (Fsp3) is 0.476. The van der Waals surface area contributed by atoms with Gasteiger partial charge in [0.15, 0.2) is 11.4 Å². The number of piperidine rings is 1. The largest absolute Gasteiger partial charge is 0.494 e. The summed E-state index contributed by atoms with van der Waals surface area (Å²) >= 11 is 0. The molecule has 0 unspecified atom stereocenters. The molecule has 1 saturated carbocycles. The first-order valence-electron chi connectivity index (χ1n) is 9.84. The first-order chi connectivity index (χ1) is 13.6. The zero-order valence-corrected chi connectivity index (χ0v) is 15.9. The molecule has 0 N–H and O–H groups in total. The number of nitrogens with zero attached hydrogens (tertiary/aromatic N) is 3. The van der Waals surface area contributed by atoms with Crippen molar-refractivity contribution >= 4 is 5.91 Å². The highest BCUT2D eigenvalue weighted by Crippen LogP contribution is 2.36. The van der Waals surface area contributed by atoms with Crippen LogP contribution >= 0.6 is 0 Å². The fourth-order valence-corrected chi connectivity index (χ4v) is 4.52. The van der Waals surface area contributed by atoms with Crippen LogP contribution in [0.15, 0.2) is 35.1 Å². The highest BCUT2D eigenvalue weighted by molar-refractivity contribution is 5.95. The van der Waals surface area contributed by atoms with E-state index >= 15 is 0 Å². The number of fused-ring (bicyclic) bond motifs is 1. The molecule has 2 aromatic rings. The summed E-state index contributed by atoms with van der Waals surface area (Å²) in [6.45, 7) is 0.695. The Morgan fingerprint density at radius 2 is 1.86 bits per heavy atom. The zero-order chi connectivity index (χ0) is 19.7. The molecule has 6 nitrogen and oxygen atoms in total. The lowest BCUT2D eigenvalue weighted by molar-refractivity contribution is 0.0380. The van der Waals surface area contributed by atoms with Crippen LogP contribution in [0.3, 0.4) is 0 Å². The van der Waals surface area contributed by atoms with Crippen LogP contribution in [-0.2, 0) is 0 Å². The number of halogens is 1. The summed E-state index contributed by atoms with van der Waals surface area (Å²) in [4.78, 5) is 27.8. The van der Waals surface area contributed by atoms with E-state index in [0.29, 0.717) is 18.2 Å². The number of ether oxygens (including phenoxy) is 1. The molecule has 0 radical (unpaired) electrons. The Kier molecular flexibility index (Phi) is 5.15. The monoisotopic (exact) mass is 385 g/mol. The third-order valence-electron chi connectivity index (χ3n) is 5.89. The van der Waals surface area contributed by atoms with Gasteiger partial charge in [0.1, 0.15) is 5.82 Å². The predicted molar refractivity (Wildman–Crippen MR) is 102 cm³/mol. The van der Waals surface area contributed by atoms with Crippen LogP contribution in [0.2, 0.25) is 0 Å². The number of methoxy groups -OCH3 is 1. The van der Waals surface area contributed by atoms with Crippen molar-refractivity contribution in [1.29, 1.82) is 0 Å². The van der Waals surface area contributed by atoms with Crippen molar-refractivity contribution in [3.05, 3.63) is 52.2 Å². The maximum absolute atomic E-state index is 13.4. The quantitative estimate of drug-likeness (QED) is 0.814. The molecule has 148 valence electrons. The van der Waals surface area contributed by atoms with E-state index in [-0.39, 0.29) is 23.4 Å². The zero-order valence-electron chi connectivity index (χ0n) is 15.9. The van der Waals surface area contributed by atoms with Crippen LogP contribution in [0.25, 0.3) is 5.69 Å². The van der Waals surface area contributed by atoms with E-state index in [1.54, 1.807) is 0 Å². The smallest absolute Gasteiger partial charge is 0.278 e. The second-order valence-corrected chi connectivity index (χ2v) is 7.54. The van der Waals surface area contributed by atoms with Crippen LogP contribution in [0.4, 0.5) is 4.39 Å². The molecule has 0 bridgehead atoms. The molecule has 2 aliphatic rings. The van der Waals surface area contributed by atoms with Crippen LogP contribution in [0, 0.1) is 11.7 Å². The first kappa shape index (κ1) is 18.7. The Morgan fingerprint density at radius 3 is 2.61 bits per heavy atom. The molecule has 1 aromatic carbocycles. The minimum Gasteiger partial charge on any atom is -0.494 e. The van der Waals surface area contributed by atoms with E-state index in [1.807, 2.05) is 4.90 Å². The van der Waals surface area contributed by atoms with Gasteiger partial charge in [0.05, 0.1) is 18.9 Å². The third kappa shape index (κ3) is 3.41. The number of hydrogen-bond donors (Lipinski definition) is 0. The van der Waals surface area contributed by atoms with Gasteiger partial charge in [-0.15, -0.1) is 0 Å². The maximum Gasteiger partial charge on any atom is 0.278 e. The van der Waals surface area contributed by atoms with Gasteiger partial charge in [0.25, 0.3) is 11.5 Å². The molecule has 1 aliphatic carbocycles. The first-order valence-corrected chi connectivity index (χ1v) is 9.84. The van der Waals surface area contributed by atoms with Gasteiger partial charge in [-0.3, -0.25) is 9.59 Å². The lowest BCUT2D eigenvalue weighted by atomic mass is 9.78. The summed E-state index contributed by atoms with van der Waals surface area (Å²) in [5.74, 6) is 0.106. The molecule has 1 saturated heterocycles. The lowest BCUT2D eigenvalue weighted by Crippen LogP contribution is -2.50. The Morgan fingerprint density at radius 1 is 1.14 bits per heavy atom. The summed E-state index contributed by atoms with van der Waals surface area (Å²) in [6.07, 6.45) is 6.66. The molecule has 2 atom stereocenters. The summed E-state index contributed by atoms with van der Waals surface area (Å²) in [5.41, 5.74) is 0.0872. The minimum absolute atomic E-state index is 0.123. The van der Waals surface area contributed by atoms with Gasteiger partial charge in [-0.2, -0.15) is 9.78 Å². The van der Waals surface area contributed by atoms with Gasteiger partial charge in [0.2, 0.25) is 0 Å². The van der Waals surface area contributed by atoms with Crippen LogP contribution < -0.4 is 10.3 Å².